The summed E-state index contributed by atoms with van der Waals surface area (Å²) in [5.74, 6) is -2.16. The summed E-state index contributed by atoms with van der Waals surface area (Å²) >= 11 is 5.23. The van der Waals surface area contributed by atoms with Crippen molar-refractivity contribution in [3.8, 4) is 0 Å². The van der Waals surface area contributed by atoms with Crippen LogP contribution in [0, 0.1) is 0 Å². The van der Waals surface area contributed by atoms with Crippen molar-refractivity contribution in [3.05, 3.63) is 0 Å². The van der Waals surface area contributed by atoms with E-state index in [0.717, 1.165) is 0 Å². The Kier molecular flexibility index (Phi) is 4.11. The predicted octanol–water partition coefficient (Wildman–Crippen LogP) is 3.05. The maximum atomic E-state index is 12.3. The van der Waals surface area contributed by atoms with Crippen LogP contribution >= 0.6 is 11.6 Å². The summed E-state index contributed by atoms with van der Waals surface area (Å²) in [5, 5.41) is 0. The van der Waals surface area contributed by atoms with Gasteiger partial charge in [-0.3, -0.25) is 0 Å². The molecule has 0 aliphatic heterocycles. The average molecular weight is 157 g/mol. The maximum Gasteiger partial charge on any atom is 0.247 e. The fraction of sp³-hybridized carbons (Fsp3) is 1.00. The highest BCUT2D eigenvalue weighted by atomic mass is 35.5. The summed E-state index contributed by atoms with van der Waals surface area (Å²) in [5.41, 5.74) is 0. The van der Waals surface area contributed by atoms with Crippen molar-refractivity contribution in [1.29, 1.82) is 0 Å². The highest BCUT2D eigenvalue weighted by Crippen LogP contribution is 2.23. The Morgan fingerprint density at radius 2 is 2.00 bits per heavy atom. The van der Waals surface area contributed by atoms with Gasteiger partial charge in [0.1, 0.15) is 0 Å². The zero-order chi connectivity index (χ0) is 7.33. The molecule has 0 unspecified atom stereocenters. The van der Waals surface area contributed by atoms with E-state index in [9.17, 15) is 8.78 Å². The lowest BCUT2D eigenvalue weighted by molar-refractivity contribution is -0.0117. The summed E-state index contributed by atoms with van der Waals surface area (Å²) in [7, 11) is 0. The number of hydrogen-bond acceptors (Lipinski definition) is 0. The highest BCUT2D eigenvalue weighted by molar-refractivity contribution is 6.17. The van der Waals surface area contributed by atoms with Gasteiger partial charge in [0.2, 0.25) is 5.92 Å². The molecule has 0 N–H and O–H groups in total. The van der Waals surface area contributed by atoms with Gasteiger partial charge in [0.25, 0.3) is 0 Å². The summed E-state index contributed by atoms with van der Waals surface area (Å²) in [6.45, 7) is 1.48. The third-order valence-corrected chi connectivity index (χ3v) is 1.46. The van der Waals surface area contributed by atoms with Crippen LogP contribution in [-0.4, -0.2) is 11.8 Å². The van der Waals surface area contributed by atoms with Gasteiger partial charge in [0.05, 0.1) is 0 Å². The number of rotatable bonds is 4. The lowest BCUT2D eigenvalue weighted by Gasteiger charge is -2.11. The second-order valence-electron chi connectivity index (χ2n) is 2.00. The summed E-state index contributed by atoms with van der Waals surface area (Å²) in [6.07, 6.45) is 0.249. The van der Waals surface area contributed by atoms with Crippen LogP contribution in [0.1, 0.15) is 26.2 Å². The molecule has 0 spiro atoms. The van der Waals surface area contributed by atoms with Crippen LogP contribution in [-0.2, 0) is 0 Å². The molecule has 0 aromatic heterocycles. The van der Waals surface area contributed by atoms with E-state index in [1.54, 1.807) is 0 Å². The molecule has 3 heteroatoms. The third kappa shape index (κ3) is 4.64. The van der Waals surface area contributed by atoms with Crippen molar-refractivity contribution in [2.45, 2.75) is 32.1 Å². The maximum absolute atomic E-state index is 12.3. The first kappa shape index (κ1) is 9.15. The van der Waals surface area contributed by atoms with E-state index in [-0.39, 0.29) is 12.8 Å². The van der Waals surface area contributed by atoms with Gasteiger partial charge < -0.3 is 0 Å². The Bertz CT molecular complexity index is 73.5. The van der Waals surface area contributed by atoms with Crippen LogP contribution in [0.3, 0.4) is 0 Å². The molecule has 0 saturated heterocycles. The first-order valence-corrected chi connectivity index (χ1v) is 3.59. The minimum Gasteiger partial charge on any atom is -0.207 e. The van der Waals surface area contributed by atoms with Gasteiger partial charge in [-0.1, -0.05) is 6.92 Å². The standard InChI is InChI=1S/C6H11ClF2/c1-2-6(8,9)4-3-5-7/h2-5H2,1H3. The Labute approximate surface area is 59.2 Å². The quantitative estimate of drug-likeness (QED) is 0.549. The topological polar surface area (TPSA) is 0 Å². The van der Waals surface area contributed by atoms with E-state index < -0.39 is 5.92 Å². The molecule has 0 aromatic carbocycles. The molecule has 0 heterocycles. The predicted molar refractivity (Wildman–Crippen MR) is 35.2 cm³/mol. The van der Waals surface area contributed by atoms with Gasteiger partial charge in [-0.05, 0) is 6.42 Å². The monoisotopic (exact) mass is 156 g/mol. The third-order valence-electron chi connectivity index (χ3n) is 1.19. The average Bonchev–Trinajstić information content (AvgIpc) is 1.84. The molecule has 0 nitrogen and oxygen atoms in total. The van der Waals surface area contributed by atoms with Crippen LogP contribution in [0.4, 0.5) is 8.78 Å². The number of halogens is 3. The lowest BCUT2D eigenvalue weighted by Crippen LogP contribution is -2.13. The molecule has 0 atom stereocenters. The van der Waals surface area contributed by atoms with Gasteiger partial charge in [-0.15, -0.1) is 11.6 Å². The van der Waals surface area contributed by atoms with E-state index in [0.29, 0.717) is 12.3 Å². The number of alkyl halides is 3. The van der Waals surface area contributed by atoms with Crippen molar-refractivity contribution in [3.63, 3.8) is 0 Å². The second-order valence-corrected chi connectivity index (χ2v) is 2.38. The normalized spacial score (nSPS) is 12.0. The molecule has 0 saturated carbocycles. The summed E-state index contributed by atoms with van der Waals surface area (Å²) in [6, 6.07) is 0. The Hall–Kier alpha value is 0.150. The van der Waals surface area contributed by atoms with Crippen molar-refractivity contribution < 1.29 is 8.78 Å². The van der Waals surface area contributed by atoms with Gasteiger partial charge in [0.15, 0.2) is 0 Å². The molecule has 0 fully saturated rings. The first-order valence-electron chi connectivity index (χ1n) is 3.06. The molecular weight excluding hydrogens is 146 g/mol. The van der Waals surface area contributed by atoms with E-state index >= 15 is 0 Å². The van der Waals surface area contributed by atoms with Crippen LogP contribution in [0.2, 0.25) is 0 Å². The molecule has 0 aromatic rings. The molecule has 0 rings (SSSR count). The zero-order valence-electron chi connectivity index (χ0n) is 5.46. The van der Waals surface area contributed by atoms with Crippen molar-refractivity contribution >= 4 is 11.6 Å². The fourth-order valence-corrected chi connectivity index (χ4v) is 0.636. The molecule has 56 valence electrons. The van der Waals surface area contributed by atoms with E-state index in [2.05, 4.69) is 0 Å². The van der Waals surface area contributed by atoms with Crippen LogP contribution in [0.5, 0.6) is 0 Å². The second kappa shape index (κ2) is 4.04. The Balaban J connectivity index is 3.33. The minimum absolute atomic E-state index is 0.0764. The lowest BCUT2D eigenvalue weighted by atomic mass is 10.1. The number of hydrogen-bond donors (Lipinski definition) is 0. The Morgan fingerprint density at radius 1 is 1.44 bits per heavy atom. The van der Waals surface area contributed by atoms with Crippen molar-refractivity contribution in [2.75, 3.05) is 5.88 Å². The van der Waals surface area contributed by atoms with E-state index in [1.807, 2.05) is 0 Å². The molecule has 0 amide bonds. The molecule has 9 heavy (non-hydrogen) atoms. The largest absolute Gasteiger partial charge is 0.247 e. The van der Waals surface area contributed by atoms with Crippen LogP contribution in [0.25, 0.3) is 0 Å². The smallest absolute Gasteiger partial charge is 0.207 e. The van der Waals surface area contributed by atoms with Crippen LogP contribution < -0.4 is 0 Å². The van der Waals surface area contributed by atoms with Gasteiger partial charge in [0, 0.05) is 18.7 Å². The molecule has 0 radical (unpaired) electrons. The van der Waals surface area contributed by atoms with E-state index in [4.69, 9.17) is 11.6 Å². The van der Waals surface area contributed by atoms with Crippen LogP contribution in [0.15, 0.2) is 0 Å². The highest BCUT2D eigenvalue weighted by Gasteiger charge is 2.24. The molecule has 0 bridgehead atoms. The van der Waals surface area contributed by atoms with Crippen molar-refractivity contribution in [2.24, 2.45) is 0 Å². The van der Waals surface area contributed by atoms with Crippen molar-refractivity contribution in [1.82, 2.24) is 0 Å². The fourth-order valence-electron chi connectivity index (χ4n) is 0.502. The van der Waals surface area contributed by atoms with Gasteiger partial charge >= 0.3 is 0 Å². The summed E-state index contributed by atoms with van der Waals surface area (Å²) < 4.78 is 24.6. The molecule has 0 aliphatic carbocycles. The zero-order valence-corrected chi connectivity index (χ0v) is 6.22. The molecular formula is C6H11ClF2. The summed E-state index contributed by atoms with van der Waals surface area (Å²) in [4.78, 5) is 0. The molecule has 0 aliphatic rings. The first-order chi connectivity index (χ1) is 4.12. The van der Waals surface area contributed by atoms with E-state index in [1.165, 1.54) is 6.92 Å². The van der Waals surface area contributed by atoms with Gasteiger partial charge in [-0.2, -0.15) is 0 Å². The Morgan fingerprint density at radius 3 is 2.33 bits per heavy atom. The SMILES string of the molecule is CCC(F)(F)CCCCl. The minimum atomic E-state index is -2.49. The van der Waals surface area contributed by atoms with Gasteiger partial charge in [-0.25, -0.2) is 8.78 Å².